The summed E-state index contributed by atoms with van der Waals surface area (Å²) in [6.07, 6.45) is 6.77. The molecular weight excluding hydrogens is 276 g/mol. The highest BCUT2D eigenvalue weighted by molar-refractivity contribution is 7.99. The number of nitrogens with one attached hydrogen (secondary N) is 1. The Labute approximate surface area is 133 Å². The molecule has 1 N–H and O–H groups in total. The number of para-hydroxylation sites is 1. The van der Waals surface area contributed by atoms with Crippen LogP contribution in [0, 0.1) is 0 Å². The molecule has 1 saturated carbocycles. The molecule has 1 aliphatic heterocycles. The first kappa shape index (κ1) is 15.2. The van der Waals surface area contributed by atoms with Crippen LogP contribution in [0.5, 0.6) is 0 Å². The van der Waals surface area contributed by atoms with Crippen LogP contribution in [0.2, 0.25) is 0 Å². The largest absolute Gasteiger partial charge is 0.369 e. The second kappa shape index (κ2) is 7.06. The van der Waals surface area contributed by atoms with Crippen LogP contribution in [0.25, 0.3) is 0 Å². The molecule has 1 heterocycles. The van der Waals surface area contributed by atoms with Gasteiger partial charge in [-0.1, -0.05) is 38.0 Å². The second-order valence-corrected chi connectivity index (χ2v) is 7.84. The van der Waals surface area contributed by atoms with Gasteiger partial charge >= 0.3 is 0 Å². The Morgan fingerprint density at radius 1 is 1.24 bits per heavy atom. The molecule has 116 valence electrons. The average Bonchev–Trinajstić information content (AvgIpc) is 2.91. The van der Waals surface area contributed by atoms with E-state index in [1.54, 1.807) is 0 Å². The third-order valence-corrected chi connectivity index (χ3v) is 5.95. The lowest BCUT2D eigenvalue weighted by molar-refractivity contribution is 0.338. The number of hydrogen-bond acceptors (Lipinski definition) is 3. The molecule has 0 unspecified atom stereocenters. The first-order valence-corrected chi connectivity index (χ1v) is 9.64. The van der Waals surface area contributed by atoms with Gasteiger partial charge in [0.2, 0.25) is 0 Å². The number of thioether (sulfide) groups is 1. The molecule has 3 rings (SSSR count). The predicted molar refractivity (Wildman–Crippen MR) is 94.3 cm³/mol. The molecule has 0 radical (unpaired) electrons. The van der Waals surface area contributed by atoms with Gasteiger partial charge in [0.05, 0.1) is 0 Å². The van der Waals surface area contributed by atoms with Crippen molar-refractivity contribution in [1.82, 2.24) is 5.32 Å². The molecule has 3 heteroatoms. The highest BCUT2D eigenvalue weighted by Gasteiger charge is 2.37. The van der Waals surface area contributed by atoms with E-state index in [4.69, 9.17) is 0 Å². The molecule has 1 aromatic carbocycles. The summed E-state index contributed by atoms with van der Waals surface area (Å²) in [5, 5.41) is 3.90. The Morgan fingerprint density at radius 2 is 2.05 bits per heavy atom. The highest BCUT2D eigenvalue weighted by Crippen LogP contribution is 2.35. The Morgan fingerprint density at radius 3 is 2.86 bits per heavy atom. The normalized spacial score (nSPS) is 20.5. The molecule has 0 atom stereocenters. The molecule has 2 aliphatic rings. The molecule has 1 fully saturated rings. The standard InChI is InChI=1S/C18H28N2S/c1-2-21-13-7-12-20-15-18(10-5-6-11-18)19-14-16-8-3-4-9-17(16)20/h3-4,8-9,19H,2,5-7,10-15H2,1H3. The van der Waals surface area contributed by atoms with Crippen molar-refractivity contribution in [3.8, 4) is 0 Å². The van der Waals surface area contributed by atoms with Crippen LogP contribution in [0.1, 0.15) is 44.6 Å². The van der Waals surface area contributed by atoms with E-state index < -0.39 is 0 Å². The zero-order chi connectivity index (χ0) is 14.5. The van der Waals surface area contributed by atoms with Gasteiger partial charge in [0, 0.05) is 30.9 Å². The summed E-state index contributed by atoms with van der Waals surface area (Å²) in [5.41, 5.74) is 3.32. The Balaban J connectivity index is 1.75. The minimum Gasteiger partial charge on any atom is -0.369 e. The van der Waals surface area contributed by atoms with Gasteiger partial charge in [-0.25, -0.2) is 0 Å². The van der Waals surface area contributed by atoms with Gasteiger partial charge in [-0.2, -0.15) is 11.8 Å². The molecule has 0 bridgehead atoms. The molecular formula is C18H28N2S. The molecule has 1 aliphatic carbocycles. The van der Waals surface area contributed by atoms with Gasteiger partial charge in [-0.05, 0) is 42.4 Å². The van der Waals surface area contributed by atoms with E-state index >= 15 is 0 Å². The molecule has 1 spiro atoms. The lowest BCUT2D eigenvalue weighted by Gasteiger charge is -2.35. The minimum absolute atomic E-state index is 0.372. The van der Waals surface area contributed by atoms with Crippen LogP contribution in [0.15, 0.2) is 24.3 Å². The fourth-order valence-corrected chi connectivity index (χ4v) is 4.47. The van der Waals surface area contributed by atoms with E-state index in [0.717, 1.165) is 6.54 Å². The molecule has 0 aromatic heterocycles. The summed E-state index contributed by atoms with van der Waals surface area (Å²) in [4.78, 5) is 2.66. The SMILES string of the molecule is CCSCCCN1CC2(CCCC2)NCc2ccccc21. The lowest BCUT2D eigenvalue weighted by atomic mass is 9.97. The second-order valence-electron chi connectivity index (χ2n) is 6.44. The number of benzene rings is 1. The summed E-state index contributed by atoms with van der Waals surface area (Å²) in [6.45, 7) is 5.69. The third-order valence-electron chi connectivity index (χ3n) is 4.96. The predicted octanol–water partition coefficient (Wildman–Crippen LogP) is 4.05. The number of rotatable bonds is 5. The molecule has 1 aromatic rings. The van der Waals surface area contributed by atoms with Crippen molar-refractivity contribution in [3.63, 3.8) is 0 Å². The van der Waals surface area contributed by atoms with Gasteiger partial charge in [-0.15, -0.1) is 0 Å². The van der Waals surface area contributed by atoms with Crippen LogP contribution in [0.4, 0.5) is 5.69 Å². The van der Waals surface area contributed by atoms with Crippen molar-refractivity contribution >= 4 is 17.4 Å². The van der Waals surface area contributed by atoms with Gasteiger partial charge in [0.15, 0.2) is 0 Å². The maximum Gasteiger partial charge on any atom is 0.0412 e. The number of anilines is 1. The summed E-state index contributed by atoms with van der Waals surface area (Å²) in [6, 6.07) is 8.99. The number of fused-ring (bicyclic) bond motifs is 1. The van der Waals surface area contributed by atoms with Crippen molar-refractivity contribution in [2.45, 2.75) is 51.1 Å². The molecule has 21 heavy (non-hydrogen) atoms. The van der Waals surface area contributed by atoms with Gasteiger partial charge in [0.1, 0.15) is 0 Å². The van der Waals surface area contributed by atoms with Crippen molar-refractivity contribution in [2.24, 2.45) is 0 Å². The minimum atomic E-state index is 0.372. The summed E-state index contributed by atoms with van der Waals surface area (Å²) in [7, 11) is 0. The number of nitrogens with zero attached hydrogens (tertiary/aromatic N) is 1. The Hall–Kier alpha value is -0.670. The van der Waals surface area contributed by atoms with Crippen molar-refractivity contribution in [2.75, 3.05) is 29.5 Å². The topological polar surface area (TPSA) is 15.3 Å². The van der Waals surface area contributed by atoms with Crippen molar-refractivity contribution in [3.05, 3.63) is 29.8 Å². The maximum absolute atomic E-state index is 3.90. The lowest BCUT2D eigenvalue weighted by Crippen LogP contribution is -2.49. The van der Waals surface area contributed by atoms with E-state index in [-0.39, 0.29) is 0 Å². The van der Waals surface area contributed by atoms with Crippen LogP contribution >= 0.6 is 11.8 Å². The molecule has 0 amide bonds. The smallest absolute Gasteiger partial charge is 0.0412 e. The Kier molecular flexibility index (Phi) is 5.12. The van der Waals surface area contributed by atoms with Crippen LogP contribution in [-0.4, -0.2) is 30.1 Å². The maximum atomic E-state index is 3.90. The van der Waals surface area contributed by atoms with E-state index in [1.807, 2.05) is 0 Å². The first-order chi connectivity index (χ1) is 10.3. The van der Waals surface area contributed by atoms with Crippen molar-refractivity contribution in [1.29, 1.82) is 0 Å². The average molecular weight is 305 g/mol. The van der Waals surface area contributed by atoms with E-state index in [2.05, 4.69) is 53.2 Å². The van der Waals surface area contributed by atoms with Gasteiger partial charge in [-0.3, -0.25) is 0 Å². The van der Waals surface area contributed by atoms with Gasteiger partial charge < -0.3 is 10.2 Å². The zero-order valence-electron chi connectivity index (χ0n) is 13.2. The van der Waals surface area contributed by atoms with E-state index in [9.17, 15) is 0 Å². The fourth-order valence-electron chi connectivity index (χ4n) is 3.85. The highest BCUT2D eigenvalue weighted by atomic mass is 32.2. The monoisotopic (exact) mass is 304 g/mol. The zero-order valence-corrected chi connectivity index (χ0v) is 14.1. The number of hydrogen-bond donors (Lipinski definition) is 1. The summed E-state index contributed by atoms with van der Waals surface area (Å²) in [5.74, 6) is 2.53. The third kappa shape index (κ3) is 3.57. The fraction of sp³-hybridized carbons (Fsp3) is 0.667. The van der Waals surface area contributed by atoms with Crippen LogP contribution in [0.3, 0.4) is 0 Å². The molecule has 0 saturated heterocycles. The summed E-state index contributed by atoms with van der Waals surface area (Å²) < 4.78 is 0. The quantitative estimate of drug-likeness (QED) is 0.826. The van der Waals surface area contributed by atoms with Crippen LogP contribution < -0.4 is 10.2 Å². The van der Waals surface area contributed by atoms with Crippen molar-refractivity contribution < 1.29 is 0 Å². The van der Waals surface area contributed by atoms with Gasteiger partial charge in [0.25, 0.3) is 0 Å². The Bertz CT molecular complexity index is 454. The molecule has 2 nitrogen and oxygen atoms in total. The van der Waals surface area contributed by atoms with E-state index in [1.165, 1.54) is 68.0 Å². The summed E-state index contributed by atoms with van der Waals surface area (Å²) >= 11 is 2.06. The van der Waals surface area contributed by atoms with Crippen LogP contribution in [-0.2, 0) is 6.54 Å². The van der Waals surface area contributed by atoms with E-state index in [0.29, 0.717) is 5.54 Å². The first-order valence-electron chi connectivity index (χ1n) is 8.49.